The van der Waals surface area contributed by atoms with Gasteiger partial charge in [-0.1, -0.05) is 18.3 Å². The minimum Gasteiger partial charge on any atom is -0.344 e. The Balaban J connectivity index is 2.17. The van der Waals surface area contributed by atoms with E-state index in [9.17, 15) is 0 Å². The normalized spacial score (nSPS) is 28.4. The van der Waals surface area contributed by atoms with E-state index in [4.69, 9.17) is 0 Å². The first-order valence-corrected chi connectivity index (χ1v) is 6.03. The first-order valence-electron chi connectivity index (χ1n) is 4.42. The second-order valence-corrected chi connectivity index (χ2v) is 5.91. The molecular weight excluding hydrogens is 250 g/mol. The van der Waals surface area contributed by atoms with Gasteiger partial charge in [-0.05, 0) is 35.2 Å². The molecule has 0 spiro atoms. The maximum absolute atomic E-state index is 4.13. The molecule has 1 aromatic rings. The van der Waals surface area contributed by atoms with Crippen LogP contribution in [0.15, 0.2) is 3.92 Å². The molecular formula is C8H12BrN3S. The van der Waals surface area contributed by atoms with Crippen molar-refractivity contribution in [1.29, 1.82) is 0 Å². The molecule has 0 aromatic carbocycles. The Labute approximate surface area is 90.3 Å². The molecule has 0 aliphatic carbocycles. The summed E-state index contributed by atoms with van der Waals surface area (Å²) in [5.41, 5.74) is 0. The van der Waals surface area contributed by atoms with E-state index in [2.05, 4.69) is 44.9 Å². The fourth-order valence-corrected chi connectivity index (χ4v) is 3.08. The van der Waals surface area contributed by atoms with Crippen molar-refractivity contribution in [3.8, 4) is 0 Å². The van der Waals surface area contributed by atoms with Gasteiger partial charge in [0.2, 0.25) is 5.13 Å². The quantitative estimate of drug-likeness (QED) is 0.778. The van der Waals surface area contributed by atoms with Crippen LogP contribution in [0.5, 0.6) is 0 Å². The fraction of sp³-hybridized carbons (Fsp3) is 0.750. The van der Waals surface area contributed by atoms with Gasteiger partial charge in [0, 0.05) is 12.6 Å². The number of nitrogens with zero attached hydrogens (tertiary/aromatic N) is 3. The van der Waals surface area contributed by atoms with Crippen molar-refractivity contribution >= 4 is 32.4 Å². The lowest BCUT2D eigenvalue weighted by Crippen LogP contribution is -2.26. The predicted octanol–water partition coefficient (Wildman–Crippen LogP) is 2.54. The summed E-state index contributed by atoms with van der Waals surface area (Å²) in [5.74, 6) is 0.776. The smallest absolute Gasteiger partial charge is 0.209 e. The predicted molar refractivity (Wildman–Crippen MR) is 58.2 cm³/mol. The molecule has 1 aromatic heterocycles. The molecule has 1 aliphatic heterocycles. The van der Waals surface area contributed by atoms with Crippen LogP contribution < -0.4 is 4.90 Å². The lowest BCUT2D eigenvalue weighted by Gasteiger charge is -2.18. The lowest BCUT2D eigenvalue weighted by atomic mass is 10.1. The van der Waals surface area contributed by atoms with Gasteiger partial charge < -0.3 is 4.90 Å². The summed E-state index contributed by atoms with van der Waals surface area (Å²) >= 11 is 4.94. The van der Waals surface area contributed by atoms with Crippen LogP contribution in [0.3, 0.4) is 0 Å². The molecule has 72 valence electrons. The van der Waals surface area contributed by atoms with Crippen molar-refractivity contribution < 1.29 is 0 Å². The Morgan fingerprint density at radius 2 is 2.23 bits per heavy atom. The van der Waals surface area contributed by atoms with Gasteiger partial charge in [-0.2, -0.15) is 0 Å². The fourth-order valence-electron chi connectivity index (χ4n) is 1.88. The van der Waals surface area contributed by atoms with Crippen molar-refractivity contribution in [3.05, 3.63) is 3.92 Å². The second kappa shape index (κ2) is 3.53. The number of aromatic nitrogens is 2. The zero-order valence-electron chi connectivity index (χ0n) is 7.70. The van der Waals surface area contributed by atoms with Crippen molar-refractivity contribution in [2.75, 3.05) is 11.4 Å². The Kier molecular flexibility index (Phi) is 2.55. The molecule has 2 rings (SSSR count). The number of rotatable bonds is 1. The van der Waals surface area contributed by atoms with Crippen LogP contribution in [0, 0.1) is 5.92 Å². The lowest BCUT2D eigenvalue weighted by molar-refractivity contribution is 0.625. The Bertz CT molecular complexity index is 301. The highest BCUT2D eigenvalue weighted by Gasteiger charge is 2.28. The van der Waals surface area contributed by atoms with E-state index in [1.807, 2.05) is 0 Å². The van der Waals surface area contributed by atoms with Crippen molar-refractivity contribution in [3.63, 3.8) is 0 Å². The molecule has 0 radical (unpaired) electrons. The highest BCUT2D eigenvalue weighted by molar-refractivity contribution is 9.11. The van der Waals surface area contributed by atoms with E-state index in [-0.39, 0.29) is 0 Å². The number of halogens is 1. The topological polar surface area (TPSA) is 29.0 Å². The third-order valence-electron chi connectivity index (χ3n) is 2.42. The van der Waals surface area contributed by atoms with Crippen LogP contribution >= 0.6 is 27.3 Å². The zero-order valence-corrected chi connectivity index (χ0v) is 10.1. The summed E-state index contributed by atoms with van der Waals surface area (Å²) < 4.78 is 0.870. The van der Waals surface area contributed by atoms with E-state index < -0.39 is 0 Å². The summed E-state index contributed by atoms with van der Waals surface area (Å²) in [4.78, 5) is 2.34. The van der Waals surface area contributed by atoms with Crippen molar-refractivity contribution in [1.82, 2.24) is 10.2 Å². The number of hydrogen-bond donors (Lipinski definition) is 0. The van der Waals surface area contributed by atoms with E-state index >= 15 is 0 Å². The first kappa shape index (κ1) is 9.40. The largest absolute Gasteiger partial charge is 0.344 e. The average molecular weight is 262 g/mol. The molecule has 1 aliphatic rings. The molecule has 0 saturated carbocycles. The molecule has 3 nitrogen and oxygen atoms in total. The van der Waals surface area contributed by atoms with Gasteiger partial charge in [-0.25, -0.2) is 0 Å². The minimum absolute atomic E-state index is 0.606. The van der Waals surface area contributed by atoms with Crippen LogP contribution in [0.1, 0.15) is 20.3 Å². The van der Waals surface area contributed by atoms with E-state index in [0.717, 1.165) is 21.5 Å². The van der Waals surface area contributed by atoms with Crippen LogP contribution in [-0.4, -0.2) is 22.8 Å². The maximum Gasteiger partial charge on any atom is 0.209 e. The summed E-state index contributed by atoms with van der Waals surface area (Å²) in [6.07, 6.45) is 1.26. The van der Waals surface area contributed by atoms with Gasteiger partial charge in [0.15, 0.2) is 3.92 Å². The van der Waals surface area contributed by atoms with Gasteiger partial charge in [-0.3, -0.25) is 0 Å². The monoisotopic (exact) mass is 261 g/mol. The van der Waals surface area contributed by atoms with Crippen LogP contribution in [-0.2, 0) is 0 Å². The summed E-state index contributed by atoms with van der Waals surface area (Å²) in [5, 5.41) is 9.14. The highest BCUT2D eigenvalue weighted by atomic mass is 79.9. The molecule has 13 heavy (non-hydrogen) atoms. The first-order chi connectivity index (χ1) is 6.16. The summed E-state index contributed by atoms with van der Waals surface area (Å²) in [6, 6.07) is 0.606. The van der Waals surface area contributed by atoms with Crippen LogP contribution in [0.25, 0.3) is 0 Å². The second-order valence-electron chi connectivity index (χ2n) is 3.68. The van der Waals surface area contributed by atoms with Gasteiger partial charge in [0.05, 0.1) is 0 Å². The number of anilines is 1. The Hall–Kier alpha value is -0.160. The van der Waals surface area contributed by atoms with Gasteiger partial charge in [-0.15, -0.1) is 10.2 Å². The van der Waals surface area contributed by atoms with Crippen LogP contribution in [0.4, 0.5) is 5.13 Å². The number of hydrogen-bond acceptors (Lipinski definition) is 4. The molecule has 2 heterocycles. The van der Waals surface area contributed by atoms with E-state index in [0.29, 0.717) is 6.04 Å². The van der Waals surface area contributed by atoms with Crippen molar-refractivity contribution in [2.24, 2.45) is 5.92 Å². The van der Waals surface area contributed by atoms with Gasteiger partial charge in [0.1, 0.15) is 0 Å². The molecule has 0 bridgehead atoms. The highest BCUT2D eigenvalue weighted by Crippen LogP contribution is 2.32. The summed E-state index contributed by atoms with van der Waals surface area (Å²) in [6.45, 7) is 5.65. The minimum atomic E-state index is 0.606. The van der Waals surface area contributed by atoms with Crippen LogP contribution in [0.2, 0.25) is 0 Å². The Morgan fingerprint density at radius 1 is 1.46 bits per heavy atom. The molecule has 1 fully saturated rings. The molecule has 5 heteroatoms. The summed E-state index contributed by atoms with van der Waals surface area (Å²) in [7, 11) is 0. The van der Waals surface area contributed by atoms with Gasteiger partial charge >= 0.3 is 0 Å². The van der Waals surface area contributed by atoms with E-state index in [1.165, 1.54) is 6.42 Å². The standard InChI is InChI=1S/C8H12BrN3S/c1-5-3-6(2)12(4-5)8-11-10-7(9)13-8/h5-6H,3-4H2,1-2H3. The Morgan fingerprint density at radius 3 is 2.69 bits per heavy atom. The third-order valence-corrected chi connectivity index (χ3v) is 3.81. The molecule has 1 saturated heterocycles. The third kappa shape index (κ3) is 1.86. The SMILES string of the molecule is CC1CC(C)N(c2nnc(Br)s2)C1. The molecule has 2 unspecified atom stereocenters. The molecule has 0 amide bonds. The maximum atomic E-state index is 4.13. The average Bonchev–Trinajstić information content (AvgIpc) is 2.58. The zero-order chi connectivity index (χ0) is 9.42. The molecule has 2 atom stereocenters. The van der Waals surface area contributed by atoms with Gasteiger partial charge in [0.25, 0.3) is 0 Å². The van der Waals surface area contributed by atoms with E-state index in [1.54, 1.807) is 11.3 Å². The molecule has 0 N–H and O–H groups in total. The van der Waals surface area contributed by atoms with Crippen molar-refractivity contribution in [2.45, 2.75) is 26.3 Å².